The van der Waals surface area contributed by atoms with E-state index in [1.165, 1.54) is 0 Å². The summed E-state index contributed by atoms with van der Waals surface area (Å²) in [5.74, 6) is 1.77. The van der Waals surface area contributed by atoms with Gasteiger partial charge in [-0.3, -0.25) is 4.57 Å². The van der Waals surface area contributed by atoms with Gasteiger partial charge >= 0.3 is 0 Å². The van der Waals surface area contributed by atoms with Crippen LogP contribution < -0.4 is 0 Å². The largest absolute Gasteiger partial charge is 0.309 e. The topological polar surface area (TPSA) is 48.5 Å². The Balaban J connectivity index is 1.02. The molecule has 3 heterocycles. The zero-order valence-electron chi connectivity index (χ0n) is 36.9. The summed E-state index contributed by atoms with van der Waals surface area (Å²) >= 11 is 0. The number of nitrogens with zero attached hydrogens (tertiary/aromatic N) is 5. The molecule has 5 nitrogen and oxygen atoms in total. The van der Waals surface area contributed by atoms with Gasteiger partial charge in [0.1, 0.15) is 0 Å². The summed E-state index contributed by atoms with van der Waals surface area (Å²) in [5, 5.41) is 10.9. The second-order valence-corrected chi connectivity index (χ2v) is 16.2. The summed E-state index contributed by atoms with van der Waals surface area (Å²) in [6.07, 6.45) is 0. The van der Waals surface area contributed by atoms with Crippen LogP contribution in [0, 0.1) is 6.85 Å². The highest BCUT2D eigenvalue weighted by atomic mass is 15.2. The van der Waals surface area contributed by atoms with E-state index in [2.05, 4.69) is 130 Å². The predicted molar refractivity (Wildman–Crippen MR) is 262 cm³/mol. The monoisotopic (exact) mass is 806 g/mol. The summed E-state index contributed by atoms with van der Waals surface area (Å²) in [5.41, 5.74) is 9.60. The normalized spacial score (nSPS) is 12.8. The summed E-state index contributed by atoms with van der Waals surface area (Å²) in [7, 11) is 0. The molecule has 0 radical (unpaired) electrons. The highest BCUT2D eigenvalue weighted by Crippen LogP contribution is 2.43. The quantitative estimate of drug-likeness (QED) is 0.163. The van der Waals surface area contributed by atoms with Gasteiger partial charge in [-0.1, -0.05) is 169 Å². The SMILES string of the molecule is [2H]C([2H])([2H])c1ccc2c3ccccc3c3cc(-c4cccc(-n5c6ccccc6c6c7c8ccccc8n(-c8nc(-c9ccccc9)nc(-c9ccccc9)n8)c7ccc65)c4)ccc3c2c1. The first kappa shape index (κ1) is 32.4. The molecule has 0 amide bonds. The van der Waals surface area contributed by atoms with Gasteiger partial charge in [0, 0.05) is 42.5 Å². The van der Waals surface area contributed by atoms with E-state index >= 15 is 0 Å². The molecule has 0 bridgehead atoms. The van der Waals surface area contributed by atoms with E-state index in [-0.39, 0.29) is 0 Å². The lowest BCUT2D eigenvalue weighted by atomic mass is 9.91. The van der Waals surface area contributed by atoms with Gasteiger partial charge in [0.25, 0.3) is 0 Å². The van der Waals surface area contributed by atoms with Crippen LogP contribution in [-0.4, -0.2) is 24.1 Å². The fraction of sp³-hybridized carbons (Fsp3) is 0.0172. The van der Waals surface area contributed by atoms with E-state index < -0.39 is 6.85 Å². The third-order valence-electron chi connectivity index (χ3n) is 12.6. The van der Waals surface area contributed by atoms with Crippen molar-refractivity contribution in [2.45, 2.75) is 6.85 Å². The molecule has 0 saturated carbocycles. The first-order valence-electron chi connectivity index (χ1n) is 22.7. The van der Waals surface area contributed by atoms with Crippen LogP contribution in [0.5, 0.6) is 0 Å². The number of benzene rings is 10. The average molecular weight is 807 g/mol. The van der Waals surface area contributed by atoms with Crippen LogP contribution in [0.25, 0.3) is 121 Å². The van der Waals surface area contributed by atoms with Crippen LogP contribution in [-0.2, 0) is 0 Å². The lowest BCUT2D eigenvalue weighted by Gasteiger charge is -2.14. The lowest BCUT2D eigenvalue weighted by Crippen LogP contribution is -2.06. The third kappa shape index (κ3) is 5.46. The molecule has 3 aromatic heterocycles. The Morgan fingerprint density at radius 3 is 1.49 bits per heavy atom. The molecule has 13 aromatic rings. The van der Waals surface area contributed by atoms with Gasteiger partial charge in [-0.25, -0.2) is 4.98 Å². The van der Waals surface area contributed by atoms with E-state index in [0.29, 0.717) is 23.2 Å². The lowest BCUT2D eigenvalue weighted by molar-refractivity contribution is 0.953. The van der Waals surface area contributed by atoms with Gasteiger partial charge in [0.05, 0.1) is 22.1 Å². The maximum absolute atomic E-state index is 8.15. The smallest absolute Gasteiger partial charge is 0.238 e. The van der Waals surface area contributed by atoms with Crippen molar-refractivity contribution in [3.63, 3.8) is 0 Å². The molecular weight excluding hydrogens is 767 g/mol. The molecule has 0 N–H and O–H groups in total. The number of aromatic nitrogens is 5. The summed E-state index contributed by atoms with van der Waals surface area (Å²) < 4.78 is 29.0. The maximum atomic E-state index is 8.15. The van der Waals surface area contributed by atoms with E-state index in [9.17, 15) is 0 Å². The second-order valence-electron chi connectivity index (χ2n) is 16.2. The molecule has 0 aliphatic heterocycles. The molecule has 0 spiro atoms. The standard InChI is InChI=1S/C58H37N5/c1-36-27-29-44-42-21-8-9-22-43(42)49-35-40(28-30-45(49)48(44)33-36)39-19-14-20-41(34-39)62-50-25-12-10-23-46(50)54-52(62)31-32-53-55(54)47-24-11-13-26-51(47)63(53)58-60-56(37-15-4-2-5-16-37)59-57(61-58)38-17-6-3-7-18-38/h2-35H,1H3/i1D3. The van der Waals surface area contributed by atoms with E-state index in [0.717, 1.165) is 104 Å². The molecule has 0 saturated heterocycles. The van der Waals surface area contributed by atoms with Crippen LogP contribution in [0.3, 0.4) is 0 Å². The zero-order chi connectivity index (χ0) is 44.1. The number of fused-ring (bicyclic) bond motifs is 13. The summed E-state index contributed by atoms with van der Waals surface area (Å²) in [6, 6.07) is 71.1. The van der Waals surface area contributed by atoms with Crippen LogP contribution in [0.4, 0.5) is 0 Å². The van der Waals surface area contributed by atoms with Crippen molar-refractivity contribution in [1.29, 1.82) is 0 Å². The molecule has 0 fully saturated rings. The average Bonchev–Trinajstić information content (AvgIpc) is 3.89. The van der Waals surface area contributed by atoms with Crippen LogP contribution in [0.15, 0.2) is 206 Å². The molecule has 0 aliphatic rings. The molecule has 0 aliphatic carbocycles. The molecule has 0 atom stereocenters. The van der Waals surface area contributed by atoms with E-state index in [1.807, 2.05) is 78.9 Å². The van der Waals surface area contributed by atoms with Crippen molar-refractivity contribution in [3.8, 4) is 45.5 Å². The van der Waals surface area contributed by atoms with Crippen molar-refractivity contribution in [2.24, 2.45) is 0 Å². The predicted octanol–water partition coefficient (Wildman–Crippen LogP) is 14.8. The highest BCUT2D eigenvalue weighted by Gasteiger charge is 2.23. The van der Waals surface area contributed by atoms with E-state index in [1.54, 1.807) is 6.07 Å². The van der Waals surface area contributed by atoms with Gasteiger partial charge in [0.2, 0.25) is 5.95 Å². The Hall–Kier alpha value is -8.41. The van der Waals surface area contributed by atoms with Gasteiger partial charge in [-0.15, -0.1) is 0 Å². The van der Waals surface area contributed by atoms with Gasteiger partial charge < -0.3 is 4.57 Å². The van der Waals surface area contributed by atoms with Crippen LogP contribution in [0.2, 0.25) is 0 Å². The number of rotatable bonds is 5. The number of aryl methyl sites for hydroxylation is 1. The molecule has 294 valence electrons. The number of hydrogen-bond donors (Lipinski definition) is 0. The Labute approximate surface area is 367 Å². The molecule has 0 unspecified atom stereocenters. The molecule has 13 rings (SSSR count). The Bertz CT molecular complexity index is 4040. The molecular formula is C58H37N5. The Morgan fingerprint density at radius 1 is 0.333 bits per heavy atom. The Kier molecular flexibility index (Phi) is 7.10. The fourth-order valence-electron chi connectivity index (χ4n) is 9.87. The van der Waals surface area contributed by atoms with Crippen molar-refractivity contribution in [2.75, 3.05) is 0 Å². The Morgan fingerprint density at radius 2 is 0.825 bits per heavy atom. The van der Waals surface area contributed by atoms with Crippen molar-refractivity contribution in [1.82, 2.24) is 24.1 Å². The summed E-state index contributed by atoms with van der Waals surface area (Å²) in [4.78, 5) is 15.4. The van der Waals surface area contributed by atoms with Crippen LogP contribution >= 0.6 is 0 Å². The van der Waals surface area contributed by atoms with Crippen molar-refractivity contribution in [3.05, 3.63) is 212 Å². The van der Waals surface area contributed by atoms with Gasteiger partial charge in [-0.05, 0) is 92.8 Å². The minimum absolute atomic E-state index is 0.344. The highest BCUT2D eigenvalue weighted by molar-refractivity contribution is 6.29. The number of hydrogen-bond acceptors (Lipinski definition) is 3. The van der Waals surface area contributed by atoms with Gasteiger partial charge in [-0.2, -0.15) is 9.97 Å². The molecule has 10 aromatic carbocycles. The fourth-order valence-corrected chi connectivity index (χ4v) is 9.87. The van der Waals surface area contributed by atoms with Crippen molar-refractivity contribution < 1.29 is 4.11 Å². The maximum Gasteiger partial charge on any atom is 0.238 e. The number of para-hydroxylation sites is 2. The minimum Gasteiger partial charge on any atom is -0.309 e. The first-order chi connectivity index (χ1) is 32.4. The van der Waals surface area contributed by atoms with Crippen molar-refractivity contribution >= 4 is 75.9 Å². The van der Waals surface area contributed by atoms with E-state index in [4.69, 9.17) is 19.1 Å². The second kappa shape index (κ2) is 13.8. The first-order valence-corrected chi connectivity index (χ1v) is 21.2. The zero-order valence-corrected chi connectivity index (χ0v) is 33.9. The summed E-state index contributed by atoms with van der Waals surface area (Å²) in [6.45, 7) is -2.20. The van der Waals surface area contributed by atoms with Crippen LogP contribution in [0.1, 0.15) is 9.68 Å². The third-order valence-corrected chi connectivity index (χ3v) is 12.6. The molecule has 5 heteroatoms. The molecule has 63 heavy (non-hydrogen) atoms. The minimum atomic E-state index is -2.20. The van der Waals surface area contributed by atoms with Gasteiger partial charge in [0.15, 0.2) is 11.6 Å².